The molecule has 0 saturated carbocycles. The van der Waals surface area contributed by atoms with Crippen LogP contribution in [-0.2, 0) is 5.60 Å². The van der Waals surface area contributed by atoms with E-state index in [1.165, 1.54) is 12.1 Å². The molecule has 2 aliphatic rings. The Morgan fingerprint density at radius 1 is 1.32 bits per heavy atom. The minimum absolute atomic E-state index is 0.126. The van der Waals surface area contributed by atoms with Crippen molar-refractivity contribution in [2.24, 2.45) is 0 Å². The van der Waals surface area contributed by atoms with Gasteiger partial charge in [-0.1, -0.05) is 6.07 Å². The number of nitrogens with zero attached hydrogens (tertiary/aromatic N) is 1. The van der Waals surface area contributed by atoms with Gasteiger partial charge < -0.3 is 10.0 Å². The fourth-order valence-electron chi connectivity index (χ4n) is 3.55. The molecule has 0 aliphatic carbocycles. The standard InChI is InChI=1S/C15H19F2NO/c1-10-4-5-12(16)13(14(10)17)15(19)6-8-18-7-2-3-11(18)9-15/h4-5,11,19H,2-3,6-9H2,1H3. The molecule has 4 heteroatoms. The van der Waals surface area contributed by atoms with Crippen molar-refractivity contribution in [2.45, 2.75) is 44.2 Å². The molecule has 104 valence electrons. The molecule has 2 unspecified atom stereocenters. The van der Waals surface area contributed by atoms with E-state index in [4.69, 9.17) is 0 Å². The van der Waals surface area contributed by atoms with Crippen molar-refractivity contribution in [1.29, 1.82) is 0 Å². The molecule has 3 rings (SSSR count). The summed E-state index contributed by atoms with van der Waals surface area (Å²) in [6.07, 6.45) is 2.96. The first-order valence-corrected chi connectivity index (χ1v) is 6.93. The molecule has 1 aromatic carbocycles. The first-order valence-electron chi connectivity index (χ1n) is 6.93. The minimum Gasteiger partial charge on any atom is -0.385 e. The van der Waals surface area contributed by atoms with E-state index in [1.54, 1.807) is 6.92 Å². The van der Waals surface area contributed by atoms with E-state index in [1.807, 2.05) is 0 Å². The lowest BCUT2D eigenvalue weighted by molar-refractivity contribution is -0.0458. The van der Waals surface area contributed by atoms with Gasteiger partial charge in [-0.2, -0.15) is 0 Å². The Kier molecular flexibility index (Phi) is 3.10. The van der Waals surface area contributed by atoms with Crippen molar-refractivity contribution >= 4 is 0 Å². The van der Waals surface area contributed by atoms with Crippen molar-refractivity contribution in [2.75, 3.05) is 13.1 Å². The predicted octanol–water partition coefficient (Wildman–Crippen LogP) is 2.72. The molecule has 0 bridgehead atoms. The zero-order chi connectivity index (χ0) is 13.6. The van der Waals surface area contributed by atoms with E-state index in [0.717, 1.165) is 19.4 Å². The smallest absolute Gasteiger partial charge is 0.135 e. The third-order valence-electron chi connectivity index (χ3n) is 4.63. The number of fused-ring (bicyclic) bond motifs is 1. The molecule has 0 radical (unpaired) electrons. The summed E-state index contributed by atoms with van der Waals surface area (Å²) in [5, 5.41) is 10.8. The molecular formula is C15H19F2NO. The molecule has 1 N–H and O–H groups in total. The van der Waals surface area contributed by atoms with Gasteiger partial charge >= 0.3 is 0 Å². The molecule has 0 amide bonds. The highest BCUT2D eigenvalue weighted by atomic mass is 19.1. The Morgan fingerprint density at radius 2 is 2.11 bits per heavy atom. The number of aliphatic hydroxyl groups is 1. The zero-order valence-electron chi connectivity index (χ0n) is 11.1. The van der Waals surface area contributed by atoms with Gasteiger partial charge in [0.1, 0.15) is 11.6 Å². The summed E-state index contributed by atoms with van der Waals surface area (Å²) in [5.74, 6) is -1.22. The van der Waals surface area contributed by atoms with E-state index in [9.17, 15) is 13.9 Å². The molecule has 2 heterocycles. The van der Waals surface area contributed by atoms with Gasteiger partial charge in [0.15, 0.2) is 0 Å². The van der Waals surface area contributed by atoms with Crippen LogP contribution in [0.1, 0.15) is 36.8 Å². The highest BCUT2D eigenvalue weighted by Crippen LogP contribution is 2.41. The average molecular weight is 267 g/mol. The van der Waals surface area contributed by atoms with Gasteiger partial charge in [0.05, 0.1) is 11.2 Å². The summed E-state index contributed by atoms with van der Waals surface area (Å²) in [4.78, 5) is 2.32. The zero-order valence-corrected chi connectivity index (χ0v) is 11.1. The summed E-state index contributed by atoms with van der Waals surface area (Å²) in [5.41, 5.74) is -1.09. The predicted molar refractivity (Wildman–Crippen MR) is 68.8 cm³/mol. The number of rotatable bonds is 1. The van der Waals surface area contributed by atoms with Gasteiger partial charge in [0.25, 0.3) is 0 Å². The van der Waals surface area contributed by atoms with E-state index in [2.05, 4.69) is 4.90 Å². The van der Waals surface area contributed by atoms with Crippen LogP contribution in [0.2, 0.25) is 0 Å². The van der Waals surface area contributed by atoms with Gasteiger partial charge in [-0.3, -0.25) is 0 Å². The maximum atomic E-state index is 14.2. The highest BCUT2D eigenvalue weighted by molar-refractivity contribution is 5.32. The van der Waals surface area contributed by atoms with E-state index < -0.39 is 17.2 Å². The summed E-state index contributed by atoms with van der Waals surface area (Å²) in [6.45, 7) is 3.36. The SMILES string of the molecule is Cc1ccc(F)c(C2(O)CCN3CCCC3C2)c1F. The Morgan fingerprint density at radius 3 is 2.89 bits per heavy atom. The number of halogens is 2. The normalized spacial score (nSPS) is 31.5. The number of hydrogen-bond donors (Lipinski definition) is 1. The molecule has 2 aliphatic heterocycles. The topological polar surface area (TPSA) is 23.5 Å². The fourth-order valence-corrected chi connectivity index (χ4v) is 3.55. The van der Waals surface area contributed by atoms with Crippen LogP contribution >= 0.6 is 0 Å². The monoisotopic (exact) mass is 267 g/mol. The number of benzene rings is 1. The Balaban J connectivity index is 1.99. The highest BCUT2D eigenvalue weighted by Gasteiger charge is 2.44. The van der Waals surface area contributed by atoms with Crippen LogP contribution in [-0.4, -0.2) is 29.1 Å². The lowest BCUT2D eigenvalue weighted by atomic mass is 9.80. The molecule has 2 atom stereocenters. The van der Waals surface area contributed by atoms with Crippen LogP contribution in [0.25, 0.3) is 0 Å². The second-order valence-electron chi connectivity index (χ2n) is 5.87. The quantitative estimate of drug-likeness (QED) is 0.845. The van der Waals surface area contributed by atoms with Crippen LogP contribution in [0.15, 0.2) is 12.1 Å². The average Bonchev–Trinajstić information content (AvgIpc) is 2.81. The maximum absolute atomic E-state index is 14.2. The Hall–Kier alpha value is -1.00. The Labute approximate surface area is 112 Å². The molecule has 2 fully saturated rings. The van der Waals surface area contributed by atoms with Gasteiger partial charge in [-0.25, -0.2) is 8.78 Å². The van der Waals surface area contributed by atoms with Crippen LogP contribution in [0.5, 0.6) is 0 Å². The lowest BCUT2D eigenvalue weighted by Gasteiger charge is -2.41. The number of piperidine rings is 1. The maximum Gasteiger partial charge on any atom is 0.135 e. The van der Waals surface area contributed by atoms with E-state index in [0.29, 0.717) is 24.9 Å². The first kappa shape index (κ1) is 13.0. The fraction of sp³-hybridized carbons (Fsp3) is 0.600. The van der Waals surface area contributed by atoms with Gasteiger partial charge in [0, 0.05) is 12.6 Å². The summed E-state index contributed by atoms with van der Waals surface area (Å²) < 4.78 is 28.2. The third-order valence-corrected chi connectivity index (χ3v) is 4.63. The molecule has 2 nitrogen and oxygen atoms in total. The van der Waals surface area contributed by atoms with Gasteiger partial charge in [0.2, 0.25) is 0 Å². The molecule has 1 aromatic rings. The minimum atomic E-state index is -1.36. The summed E-state index contributed by atoms with van der Waals surface area (Å²) >= 11 is 0. The van der Waals surface area contributed by atoms with Crippen LogP contribution in [0.3, 0.4) is 0 Å². The van der Waals surface area contributed by atoms with Crippen molar-refractivity contribution in [3.8, 4) is 0 Å². The second-order valence-corrected chi connectivity index (χ2v) is 5.87. The van der Waals surface area contributed by atoms with Crippen molar-refractivity contribution in [3.63, 3.8) is 0 Å². The first-order chi connectivity index (χ1) is 9.01. The molecular weight excluding hydrogens is 248 g/mol. The molecule has 19 heavy (non-hydrogen) atoms. The third kappa shape index (κ3) is 2.07. The lowest BCUT2D eigenvalue weighted by Crippen LogP contribution is -2.46. The van der Waals surface area contributed by atoms with Crippen LogP contribution < -0.4 is 0 Å². The van der Waals surface area contributed by atoms with E-state index in [-0.39, 0.29) is 11.6 Å². The van der Waals surface area contributed by atoms with Crippen LogP contribution in [0.4, 0.5) is 8.78 Å². The number of hydrogen-bond acceptors (Lipinski definition) is 2. The van der Waals surface area contributed by atoms with Crippen molar-refractivity contribution < 1.29 is 13.9 Å². The van der Waals surface area contributed by atoms with Crippen molar-refractivity contribution in [3.05, 3.63) is 34.9 Å². The largest absolute Gasteiger partial charge is 0.385 e. The second kappa shape index (κ2) is 4.53. The van der Waals surface area contributed by atoms with E-state index >= 15 is 0 Å². The molecule has 2 saturated heterocycles. The summed E-state index contributed by atoms with van der Waals surface area (Å²) in [7, 11) is 0. The molecule has 0 spiro atoms. The van der Waals surface area contributed by atoms with Crippen molar-refractivity contribution in [1.82, 2.24) is 4.90 Å². The number of aryl methyl sites for hydroxylation is 1. The summed E-state index contributed by atoms with van der Waals surface area (Å²) in [6, 6.07) is 2.94. The van der Waals surface area contributed by atoms with Gasteiger partial charge in [-0.15, -0.1) is 0 Å². The van der Waals surface area contributed by atoms with Gasteiger partial charge in [-0.05, 0) is 50.8 Å². The molecule has 0 aromatic heterocycles. The van der Waals surface area contributed by atoms with Crippen LogP contribution in [0, 0.1) is 18.6 Å². The Bertz CT molecular complexity index is 505.